The molecule has 1 radical (unpaired) electrons. The smallest absolute Gasteiger partial charge is 0.307 e. The van der Waals surface area contributed by atoms with E-state index in [4.69, 9.17) is 5.11 Å². The molecule has 1 aromatic rings. The standard InChI is InChI=1S/C13H15O2/c14-13(15)9-11-7-3-4-8-12(11)10-5-1-2-6-10/h3-4,7,10H,1-2,5-6,9H2,(H,14,15). The third kappa shape index (κ3) is 2.38. The number of rotatable bonds is 3. The van der Waals surface area contributed by atoms with Gasteiger partial charge in [0.25, 0.3) is 0 Å². The third-order valence-corrected chi connectivity index (χ3v) is 3.08. The Morgan fingerprint density at radius 2 is 2.20 bits per heavy atom. The molecule has 2 heteroatoms. The SMILES string of the molecule is O=C(O)Cc1ccc[c]c1C1CCCC1. The van der Waals surface area contributed by atoms with E-state index in [0.29, 0.717) is 5.92 Å². The number of benzene rings is 1. The molecule has 2 rings (SSSR count). The summed E-state index contributed by atoms with van der Waals surface area (Å²) in [5.41, 5.74) is 2.08. The molecule has 0 spiro atoms. The highest BCUT2D eigenvalue weighted by Gasteiger charge is 2.20. The predicted octanol–water partition coefficient (Wildman–Crippen LogP) is 2.77. The van der Waals surface area contributed by atoms with Crippen molar-refractivity contribution in [2.45, 2.75) is 38.0 Å². The lowest BCUT2D eigenvalue weighted by Gasteiger charge is -2.13. The van der Waals surface area contributed by atoms with Crippen LogP contribution in [0, 0.1) is 6.07 Å². The van der Waals surface area contributed by atoms with E-state index in [9.17, 15) is 4.79 Å². The zero-order valence-corrected chi connectivity index (χ0v) is 8.70. The summed E-state index contributed by atoms with van der Waals surface area (Å²) in [7, 11) is 0. The van der Waals surface area contributed by atoms with Gasteiger partial charge in [0.2, 0.25) is 0 Å². The Hall–Kier alpha value is -1.31. The molecule has 0 saturated heterocycles. The predicted molar refractivity (Wildman–Crippen MR) is 57.8 cm³/mol. The minimum absolute atomic E-state index is 0.128. The van der Waals surface area contributed by atoms with Crippen molar-refractivity contribution < 1.29 is 9.90 Å². The van der Waals surface area contributed by atoms with Crippen LogP contribution >= 0.6 is 0 Å². The molecule has 1 fully saturated rings. The fraction of sp³-hybridized carbons (Fsp3) is 0.462. The summed E-state index contributed by atoms with van der Waals surface area (Å²) in [5, 5.41) is 8.82. The normalized spacial score (nSPS) is 16.8. The zero-order valence-electron chi connectivity index (χ0n) is 8.70. The first-order chi connectivity index (χ1) is 7.27. The second-order valence-corrected chi connectivity index (χ2v) is 4.16. The molecule has 1 aliphatic rings. The van der Waals surface area contributed by atoms with Crippen LogP contribution in [0.3, 0.4) is 0 Å². The van der Waals surface area contributed by atoms with E-state index in [1.165, 1.54) is 25.7 Å². The first-order valence-electron chi connectivity index (χ1n) is 5.48. The van der Waals surface area contributed by atoms with Gasteiger partial charge in [0, 0.05) is 0 Å². The Morgan fingerprint density at radius 1 is 1.47 bits per heavy atom. The second-order valence-electron chi connectivity index (χ2n) is 4.16. The maximum atomic E-state index is 10.7. The van der Waals surface area contributed by atoms with Crippen molar-refractivity contribution in [2.24, 2.45) is 0 Å². The van der Waals surface area contributed by atoms with Crippen LogP contribution in [0.2, 0.25) is 0 Å². The average Bonchev–Trinajstić information content (AvgIpc) is 2.70. The highest BCUT2D eigenvalue weighted by Crippen LogP contribution is 2.35. The monoisotopic (exact) mass is 203 g/mol. The lowest BCUT2D eigenvalue weighted by atomic mass is 9.91. The summed E-state index contributed by atoms with van der Waals surface area (Å²) in [6.07, 6.45) is 5.03. The Labute approximate surface area is 89.9 Å². The molecular weight excluding hydrogens is 188 g/mol. The van der Waals surface area contributed by atoms with E-state index >= 15 is 0 Å². The minimum Gasteiger partial charge on any atom is -0.481 e. The van der Waals surface area contributed by atoms with Crippen molar-refractivity contribution in [1.29, 1.82) is 0 Å². The lowest BCUT2D eigenvalue weighted by molar-refractivity contribution is -0.136. The van der Waals surface area contributed by atoms with Gasteiger partial charge in [-0.15, -0.1) is 0 Å². The fourth-order valence-electron chi connectivity index (χ4n) is 2.40. The van der Waals surface area contributed by atoms with Crippen LogP contribution in [0.25, 0.3) is 0 Å². The van der Waals surface area contributed by atoms with Crippen LogP contribution in [0.4, 0.5) is 0 Å². The maximum absolute atomic E-state index is 10.7. The van der Waals surface area contributed by atoms with Crippen LogP contribution in [-0.2, 0) is 11.2 Å². The zero-order chi connectivity index (χ0) is 10.7. The van der Waals surface area contributed by atoms with Gasteiger partial charge in [0.15, 0.2) is 0 Å². The van der Waals surface area contributed by atoms with Gasteiger partial charge in [-0.25, -0.2) is 0 Å². The number of carboxylic acids is 1. The number of hydrogen-bond donors (Lipinski definition) is 1. The molecule has 79 valence electrons. The number of carbonyl (C=O) groups is 1. The number of carboxylic acid groups (broad SMARTS) is 1. The largest absolute Gasteiger partial charge is 0.481 e. The van der Waals surface area contributed by atoms with Crippen molar-refractivity contribution >= 4 is 5.97 Å². The van der Waals surface area contributed by atoms with Gasteiger partial charge in [0.05, 0.1) is 6.42 Å². The van der Waals surface area contributed by atoms with Gasteiger partial charge in [-0.05, 0) is 36.0 Å². The molecule has 0 amide bonds. The Morgan fingerprint density at radius 3 is 2.87 bits per heavy atom. The maximum Gasteiger partial charge on any atom is 0.307 e. The van der Waals surface area contributed by atoms with E-state index in [-0.39, 0.29) is 6.42 Å². The van der Waals surface area contributed by atoms with Crippen molar-refractivity contribution in [3.05, 3.63) is 35.4 Å². The molecule has 0 atom stereocenters. The molecule has 1 aromatic carbocycles. The van der Waals surface area contributed by atoms with Crippen molar-refractivity contribution in [2.75, 3.05) is 0 Å². The highest BCUT2D eigenvalue weighted by molar-refractivity contribution is 5.70. The van der Waals surface area contributed by atoms with Crippen LogP contribution in [-0.4, -0.2) is 11.1 Å². The van der Waals surface area contributed by atoms with Gasteiger partial charge < -0.3 is 5.11 Å². The van der Waals surface area contributed by atoms with Gasteiger partial charge in [-0.3, -0.25) is 4.79 Å². The third-order valence-electron chi connectivity index (χ3n) is 3.08. The average molecular weight is 203 g/mol. The molecule has 1 N–H and O–H groups in total. The quantitative estimate of drug-likeness (QED) is 0.820. The topological polar surface area (TPSA) is 37.3 Å². The molecular formula is C13H15O2. The van der Waals surface area contributed by atoms with Crippen LogP contribution < -0.4 is 0 Å². The molecule has 0 aliphatic heterocycles. The van der Waals surface area contributed by atoms with E-state index in [1.807, 2.05) is 18.2 Å². The lowest BCUT2D eigenvalue weighted by Crippen LogP contribution is -2.05. The molecule has 0 unspecified atom stereocenters. The molecule has 1 saturated carbocycles. The minimum atomic E-state index is -0.756. The molecule has 1 aliphatic carbocycles. The molecule has 0 heterocycles. The molecule has 2 nitrogen and oxygen atoms in total. The summed E-state index contributed by atoms with van der Waals surface area (Å²) in [4.78, 5) is 10.7. The Kier molecular flexibility index (Phi) is 3.05. The summed E-state index contributed by atoms with van der Waals surface area (Å²) < 4.78 is 0. The summed E-state index contributed by atoms with van der Waals surface area (Å²) >= 11 is 0. The summed E-state index contributed by atoms with van der Waals surface area (Å²) in [5.74, 6) is -0.214. The van der Waals surface area contributed by atoms with Crippen LogP contribution in [0.1, 0.15) is 42.7 Å². The molecule has 15 heavy (non-hydrogen) atoms. The van der Waals surface area contributed by atoms with Gasteiger partial charge in [0.1, 0.15) is 0 Å². The first-order valence-corrected chi connectivity index (χ1v) is 5.48. The van der Waals surface area contributed by atoms with Crippen molar-refractivity contribution in [3.63, 3.8) is 0 Å². The molecule has 0 aromatic heterocycles. The second kappa shape index (κ2) is 4.47. The highest BCUT2D eigenvalue weighted by atomic mass is 16.4. The van der Waals surface area contributed by atoms with E-state index in [0.717, 1.165) is 11.1 Å². The Bertz CT molecular complexity index is 351. The van der Waals surface area contributed by atoms with E-state index in [1.54, 1.807) is 0 Å². The van der Waals surface area contributed by atoms with Crippen molar-refractivity contribution in [1.82, 2.24) is 0 Å². The number of hydrogen-bond acceptors (Lipinski definition) is 1. The van der Waals surface area contributed by atoms with Crippen molar-refractivity contribution in [3.8, 4) is 0 Å². The van der Waals surface area contributed by atoms with Gasteiger partial charge in [-0.2, -0.15) is 0 Å². The van der Waals surface area contributed by atoms with Gasteiger partial charge >= 0.3 is 5.97 Å². The van der Waals surface area contributed by atoms with E-state index in [2.05, 4.69) is 6.07 Å². The van der Waals surface area contributed by atoms with Gasteiger partial charge in [-0.1, -0.05) is 31.0 Å². The van der Waals surface area contributed by atoms with Crippen LogP contribution in [0.5, 0.6) is 0 Å². The Balaban J connectivity index is 2.24. The fourth-order valence-corrected chi connectivity index (χ4v) is 2.40. The number of aliphatic carboxylic acids is 1. The summed E-state index contributed by atoms with van der Waals surface area (Å²) in [6, 6.07) is 8.90. The first kappa shape index (κ1) is 10.2. The molecule has 0 bridgehead atoms. The summed E-state index contributed by atoms with van der Waals surface area (Å²) in [6.45, 7) is 0. The van der Waals surface area contributed by atoms with Crippen LogP contribution in [0.15, 0.2) is 18.2 Å². The van der Waals surface area contributed by atoms with E-state index < -0.39 is 5.97 Å².